The number of alkyl halides is 6. The number of aliphatic hydroxyl groups excluding tert-OH is 1. The Hall–Kier alpha value is -3.41. The van der Waals surface area contributed by atoms with Crippen molar-refractivity contribution in [3.8, 4) is 11.4 Å². The van der Waals surface area contributed by atoms with Gasteiger partial charge < -0.3 is 10.4 Å². The summed E-state index contributed by atoms with van der Waals surface area (Å²) in [5.41, 5.74) is -2.23. The predicted molar refractivity (Wildman–Crippen MR) is 134 cm³/mol. The molecule has 1 amide bonds. The molecule has 1 aromatic heterocycles. The Bertz CT molecular complexity index is 1550. The molecular formula is C23H22ClF6N5O5S. The molecule has 0 fully saturated rings. The van der Waals surface area contributed by atoms with Crippen molar-refractivity contribution in [1.29, 1.82) is 0 Å². The van der Waals surface area contributed by atoms with Crippen LogP contribution in [0.2, 0.25) is 5.02 Å². The number of nitrogens with one attached hydrogen (secondary N) is 2. The van der Waals surface area contributed by atoms with Crippen molar-refractivity contribution < 1.29 is 44.7 Å². The van der Waals surface area contributed by atoms with Crippen LogP contribution in [-0.4, -0.2) is 58.9 Å². The summed E-state index contributed by atoms with van der Waals surface area (Å²) in [6, 6.07) is 7.83. The van der Waals surface area contributed by atoms with E-state index in [1.54, 1.807) is 0 Å². The van der Waals surface area contributed by atoms with Crippen molar-refractivity contribution in [3.05, 3.63) is 75.2 Å². The van der Waals surface area contributed by atoms with E-state index in [0.29, 0.717) is 15.3 Å². The van der Waals surface area contributed by atoms with Gasteiger partial charge in [0.05, 0.1) is 24.4 Å². The number of nitrogens with zero attached hydrogens (tertiary/aromatic N) is 3. The highest BCUT2D eigenvalue weighted by Gasteiger charge is 2.39. The number of sulfonamides is 1. The van der Waals surface area contributed by atoms with Crippen LogP contribution in [0.15, 0.2) is 53.3 Å². The van der Waals surface area contributed by atoms with E-state index in [1.165, 1.54) is 30.3 Å². The summed E-state index contributed by atoms with van der Waals surface area (Å²) < 4.78 is 105. The molecule has 0 aliphatic rings. The Morgan fingerprint density at radius 1 is 1.10 bits per heavy atom. The van der Waals surface area contributed by atoms with Crippen LogP contribution in [0.5, 0.6) is 0 Å². The number of benzene rings is 2. The average Bonchev–Trinajstić information content (AvgIpc) is 3.15. The Labute approximate surface area is 233 Å². The highest BCUT2D eigenvalue weighted by atomic mass is 35.5. The molecule has 2 aromatic carbocycles. The Morgan fingerprint density at radius 2 is 1.73 bits per heavy atom. The maximum atomic E-state index is 13.2. The molecule has 0 bridgehead atoms. The fourth-order valence-corrected chi connectivity index (χ4v) is 4.49. The number of halogens is 7. The maximum absolute atomic E-state index is 13.2. The van der Waals surface area contributed by atoms with Gasteiger partial charge in [-0.15, -0.1) is 5.10 Å². The third-order valence-electron chi connectivity index (χ3n) is 5.53. The van der Waals surface area contributed by atoms with Crippen LogP contribution in [0.3, 0.4) is 0 Å². The Morgan fingerprint density at radius 3 is 2.29 bits per heavy atom. The fraction of sp³-hybridized carbons (Fsp3) is 0.348. The predicted octanol–water partition coefficient (Wildman–Crippen LogP) is 2.71. The number of carbonyl (C=O) groups is 1. The molecule has 224 valence electrons. The number of aromatic nitrogens is 3. The standard InChI is InChI=1S/C23H22ClF6N5O5S/c1-41(39,40)33-17(14-3-2-4-15(9-14)22(25,26)27)10-31-19(37)12-35-21(38)34(11-18(36)23(28,29)30)20(32-35)13-5-7-16(24)8-6-13/h2-9,17-18,33,36H,10-12H2,1H3,(H,31,37)/t17?,18-/m0/s1. The molecule has 2 atom stereocenters. The quantitative estimate of drug-likeness (QED) is 0.295. The summed E-state index contributed by atoms with van der Waals surface area (Å²) in [4.78, 5) is 25.5. The van der Waals surface area contributed by atoms with Crippen LogP contribution in [0, 0.1) is 0 Å². The van der Waals surface area contributed by atoms with Gasteiger partial charge in [-0.3, -0.25) is 9.36 Å². The maximum Gasteiger partial charge on any atom is 0.416 e. The number of aliphatic hydroxyl groups is 1. The second kappa shape index (κ2) is 12.2. The van der Waals surface area contributed by atoms with Gasteiger partial charge in [0, 0.05) is 17.1 Å². The lowest BCUT2D eigenvalue weighted by Gasteiger charge is -2.20. The first-order valence-corrected chi connectivity index (χ1v) is 13.7. The van der Waals surface area contributed by atoms with Crippen LogP contribution >= 0.6 is 11.6 Å². The van der Waals surface area contributed by atoms with Crippen molar-refractivity contribution in [2.75, 3.05) is 12.8 Å². The van der Waals surface area contributed by atoms with E-state index >= 15 is 0 Å². The van der Waals surface area contributed by atoms with Gasteiger partial charge in [-0.25, -0.2) is 22.6 Å². The highest BCUT2D eigenvalue weighted by Crippen LogP contribution is 2.31. The van der Waals surface area contributed by atoms with Crippen LogP contribution in [0.4, 0.5) is 26.3 Å². The van der Waals surface area contributed by atoms with E-state index in [0.717, 1.165) is 18.4 Å². The molecule has 3 N–H and O–H groups in total. The van der Waals surface area contributed by atoms with Gasteiger partial charge >= 0.3 is 18.0 Å². The lowest BCUT2D eigenvalue weighted by atomic mass is 10.0. The third kappa shape index (κ3) is 8.79. The van der Waals surface area contributed by atoms with Gasteiger partial charge in [-0.1, -0.05) is 23.7 Å². The lowest BCUT2D eigenvalue weighted by molar-refractivity contribution is -0.207. The van der Waals surface area contributed by atoms with E-state index in [2.05, 4.69) is 15.1 Å². The molecule has 0 radical (unpaired) electrons. The number of hydrogen-bond acceptors (Lipinski definition) is 6. The molecule has 0 saturated carbocycles. The zero-order valence-corrected chi connectivity index (χ0v) is 22.4. The largest absolute Gasteiger partial charge is 0.416 e. The van der Waals surface area contributed by atoms with Crippen LogP contribution in [0.1, 0.15) is 17.2 Å². The lowest BCUT2D eigenvalue weighted by Crippen LogP contribution is -2.41. The van der Waals surface area contributed by atoms with Crippen molar-refractivity contribution in [1.82, 2.24) is 24.4 Å². The first-order valence-electron chi connectivity index (χ1n) is 11.4. The molecular weight excluding hydrogens is 608 g/mol. The summed E-state index contributed by atoms with van der Waals surface area (Å²) in [5.74, 6) is -1.29. The fourth-order valence-electron chi connectivity index (χ4n) is 3.62. The van der Waals surface area contributed by atoms with Gasteiger partial charge in [0.2, 0.25) is 15.9 Å². The number of rotatable bonds is 10. The SMILES string of the molecule is CS(=O)(=O)NC(CNC(=O)Cn1nc(-c2ccc(Cl)cc2)n(C[C@H](O)C(F)(F)F)c1=O)c1cccc(C(F)(F)F)c1. The first kappa shape index (κ1) is 32.1. The second-order valence-electron chi connectivity index (χ2n) is 8.81. The zero-order chi connectivity index (χ0) is 30.8. The Kier molecular flexibility index (Phi) is 9.57. The van der Waals surface area contributed by atoms with Gasteiger partial charge in [0.1, 0.15) is 6.54 Å². The minimum atomic E-state index is -5.07. The van der Waals surface area contributed by atoms with E-state index in [9.17, 15) is 49.5 Å². The molecule has 3 rings (SSSR count). The Balaban J connectivity index is 1.87. The number of amides is 1. The second-order valence-corrected chi connectivity index (χ2v) is 11.0. The number of carbonyl (C=O) groups excluding carboxylic acids is 1. The van der Waals surface area contributed by atoms with E-state index in [4.69, 9.17) is 11.6 Å². The topological polar surface area (TPSA) is 135 Å². The molecule has 0 aliphatic heterocycles. The average molecular weight is 630 g/mol. The van der Waals surface area contributed by atoms with Crippen molar-refractivity contribution in [3.63, 3.8) is 0 Å². The summed E-state index contributed by atoms with van der Waals surface area (Å²) in [6.07, 6.45) is -12.0. The van der Waals surface area contributed by atoms with Crippen molar-refractivity contribution in [2.45, 2.75) is 37.6 Å². The molecule has 41 heavy (non-hydrogen) atoms. The summed E-state index contributed by atoms with van der Waals surface area (Å²) in [5, 5.41) is 16.0. The zero-order valence-electron chi connectivity index (χ0n) is 20.9. The van der Waals surface area contributed by atoms with E-state index in [-0.39, 0.29) is 22.0 Å². The minimum Gasteiger partial charge on any atom is -0.382 e. The molecule has 1 unspecified atom stereocenters. The smallest absolute Gasteiger partial charge is 0.382 e. The van der Waals surface area contributed by atoms with Gasteiger partial charge in [-0.05, 0) is 42.0 Å². The van der Waals surface area contributed by atoms with E-state index in [1.807, 2.05) is 0 Å². The third-order valence-corrected chi connectivity index (χ3v) is 6.49. The van der Waals surface area contributed by atoms with Crippen LogP contribution in [-0.2, 0) is 34.1 Å². The molecule has 0 saturated heterocycles. The van der Waals surface area contributed by atoms with E-state index < -0.39 is 71.3 Å². The van der Waals surface area contributed by atoms with Gasteiger partial charge in [0.25, 0.3) is 0 Å². The van der Waals surface area contributed by atoms with Crippen molar-refractivity contribution in [2.24, 2.45) is 0 Å². The summed E-state index contributed by atoms with van der Waals surface area (Å²) in [6.45, 7) is -2.65. The molecule has 1 heterocycles. The summed E-state index contributed by atoms with van der Waals surface area (Å²) >= 11 is 5.83. The molecule has 3 aromatic rings. The monoisotopic (exact) mass is 629 g/mol. The molecule has 0 aliphatic carbocycles. The highest BCUT2D eigenvalue weighted by molar-refractivity contribution is 7.88. The van der Waals surface area contributed by atoms with Gasteiger partial charge in [-0.2, -0.15) is 26.3 Å². The van der Waals surface area contributed by atoms with Gasteiger partial charge in [0.15, 0.2) is 11.9 Å². The summed E-state index contributed by atoms with van der Waals surface area (Å²) in [7, 11) is -3.97. The van der Waals surface area contributed by atoms with Crippen LogP contribution < -0.4 is 15.7 Å². The number of hydrogen-bond donors (Lipinski definition) is 3. The molecule has 10 nitrogen and oxygen atoms in total. The van der Waals surface area contributed by atoms with Crippen LogP contribution in [0.25, 0.3) is 11.4 Å². The normalized spacial score (nSPS) is 14.1. The minimum absolute atomic E-state index is 0.127. The molecule has 0 spiro atoms. The molecule has 18 heteroatoms. The first-order chi connectivity index (χ1) is 18.8. The van der Waals surface area contributed by atoms with Crippen molar-refractivity contribution >= 4 is 27.5 Å².